The fourth-order valence-electron chi connectivity index (χ4n) is 2.12. The number of thiophene rings is 1. The van der Waals surface area contributed by atoms with Crippen molar-refractivity contribution in [1.82, 2.24) is 5.32 Å². The van der Waals surface area contributed by atoms with E-state index in [2.05, 4.69) is 42.4 Å². The first kappa shape index (κ1) is 11.5. The highest BCUT2D eigenvalue weighted by Gasteiger charge is 2.17. The molecule has 1 saturated heterocycles. The zero-order valence-corrected chi connectivity index (χ0v) is 11.1. The summed E-state index contributed by atoms with van der Waals surface area (Å²) >= 11 is 3.97. The Bertz CT molecular complexity index is 302. The van der Waals surface area contributed by atoms with Gasteiger partial charge in [-0.2, -0.15) is 11.8 Å². The molecule has 1 nitrogen and oxygen atoms in total. The maximum Gasteiger partial charge on any atom is 0.0390 e. The number of hydrogen-bond acceptors (Lipinski definition) is 3. The third-order valence-electron chi connectivity index (χ3n) is 3.00. The van der Waals surface area contributed by atoms with Gasteiger partial charge < -0.3 is 5.32 Å². The number of thioether (sulfide) groups is 1. The van der Waals surface area contributed by atoms with Gasteiger partial charge >= 0.3 is 0 Å². The van der Waals surface area contributed by atoms with Gasteiger partial charge in [0, 0.05) is 17.0 Å². The SMILES string of the molecule is Cc1ccsc1C(C)NC1CCSCC1. The predicted molar refractivity (Wildman–Crippen MR) is 71.0 cm³/mol. The maximum absolute atomic E-state index is 3.76. The van der Waals surface area contributed by atoms with Crippen molar-refractivity contribution in [3.63, 3.8) is 0 Å². The van der Waals surface area contributed by atoms with Crippen LogP contribution in [0.15, 0.2) is 11.4 Å². The molecule has 1 aromatic heterocycles. The summed E-state index contributed by atoms with van der Waals surface area (Å²) in [6.07, 6.45) is 2.67. The van der Waals surface area contributed by atoms with Crippen LogP contribution in [0.5, 0.6) is 0 Å². The van der Waals surface area contributed by atoms with Gasteiger partial charge in [-0.05, 0) is 55.2 Å². The van der Waals surface area contributed by atoms with Gasteiger partial charge in [-0.1, -0.05) is 0 Å². The number of aryl methyl sites for hydroxylation is 1. The minimum Gasteiger partial charge on any atom is -0.307 e. The lowest BCUT2D eigenvalue weighted by molar-refractivity contribution is 0.434. The van der Waals surface area contributed by atoms with Gasteiger partial charge in [-0.3, -0.25) is 0 Å². The first-order chi connectivity index (χ1) is 7.27. The van der Waals surface area contributed by atoms with Crippen LogP contribution in [-0.4, -0.2) is 17.5 Å². The van der Waals surface area contributed by atoms with Crippen molar-refractivity contribution >= 4 is 23.1 Å². The molecule has 1 aromatic rings. The first-order valence-corrected chi connectivity index (χ1v) is 7.68. The van der Waals surface area contributed by atoms with Gasteiger partial charge in [0.15, 0.2) is 0 Å². The van der Waals surface area contributed by atoms with Crippen molar-refractivity contribution in [2.75, 3.05) is 11.5 Å². The largest absolute Gasteiger partial charge is 0.307 e. The van der Waals surface area contributed by atoms with Crippen molar-refractivity contribution in [2.45, 2.75) is 38.8 Å². The van der Waals surface area contributed by atoms with Crippen molar-refractivity contribution in [2.24, 2.45) is 0 Å². The second kappa shape index (κ2) is 5.37. The summed E-state index contributed by atoms with van der Waals surface area (Å²) in [6, 6.07) is 3.48. The molecule has 15 heavy (non-hydrogen) atoms. The van der Waals surface area contributed by atoms with E-state index in [1.54, 1.807) is 0 Å². The van der Waals surface area contributed by atoms with E-state index < -0.39 is 0 Å². The van der Waals surface area contributed by atoms with Crippen LogP contribution in [0, 0.1) is 6.92 Å². The van der Waals surface area contributed by atoms with E-state index in [1.165, 1.54) is 34.8 Å². The molecule has 1 atom stereocenters. The molecule has 1 fully saturated rings. The summed E-state index contributed by atoms with van der Waals surface area (Å²) in [5.74, 6) is 2.65. The molecule has 84 valence electrons. The molecule has 2 heterocycles. The molecular formula is C12H19NS2. The Morgan fingerprint density at radius 2 is 2.13 bits per heavy atom. The first-order valence-electron chi connectivity index (χ1n) is 5.65. The molecule has 1 aliphatic heterocycles. The van der Waals surface area contributed by atoms with E-state index in [-0.39, 0.29) is 0 Å². The topological polar surface area (TPSA) is 12.0 Å². The zero-order chi connectivity index (χ0) is 10.7. The van der Waals surface area contributed by atoms with Gasteiger partial charge in [-0.25, -0.2) is 0 Å². The highest BCUT2D eigenvalue weighted by molar-refractivity contribution is 7.99. The summed E-state index contributed by atoms with van der Waals surface area (Å²) in [6.45, 7) is 4.50. The normalized spacial score (nSPS) is 20.4. The Balaban J connectivity index is 1.91. The fraction of sp³-hybridized carbons (Fsp3) is 0.667. The molecule has 3 heteroatoms. The van der Waals surface area contributed by atoms with Crippen LogP contribution in [0.4, 0.5) is 0 Å². The summed E-state index contributed by atoms with van der Waals surface area (Å²) in [7, 11) is 0. The smallest absolute Gasteiger partial charge is 0.0390 e. The Morgan fingerprint density at radius 1 is 1.40 bits per heavy atom. The quantitative estimate of drug-likeness (QED) is 0.868. The summed E-state index contributed by atoms with van der Waals surface area (Å²) in [5, 5.41) is 5.95. The molecule has 1 aliphatic rings. The second-order valence-corrected chi connectivity index (χ2v) is 6.42. The van der Waals surface area contributed by atoms with E-state index in [1.807, 2.05) is 11.3 Å². The molecular weight excluding hydrogens is 222 g/mol. The maximum atomic E-state index is 3.76. The lowest BCUT2D eigenvalue weighted by atomic mass is 10.1. The fourth-order valence-corrected chi connectivity index (χ4v) is 4.17. The molecule has 0 amide bonds. The highest BCUT2D eigenvalue weighted by Crippen LogP contribution is 2.26. The monoisotopic (exact) mass is 241 g/mol. The standard InChI is InChI=1S/C12H19NS2/c1-9-3-8-15-12(9)10(2)13-11-4-6-14-7-5-11/h3,8,10-11,13H,4-7H2,1-2H3. The van der Waals surface area contributed by atoms with Crippen LogP contribution in [-0.2, 0) is 0 Å². The average Bonchev–Trinajstić information content (AvgIpc) is 2.66. The van der Waals surface area contributed by atoms with Crippen molar-refractivity contribution in [3.8, 4) is 0 Å². The van der Waals surface area contributed by atoms with Gasteiger partial charge in [0.25, 0.3) is 0 Å². The van der Waals surface area contributed by atoms with Gasteiger partial charge in [0.1, 0.15) is 0 Å². The lowest BCUT2D eigenvalue weighted by Gasteiger charge is -2.26. The molecule has 0 aliphatic carbocycles. The number of nitrogens with one attached hydrogen (secondary N) is 1. The van der Waals surface area contributed by atoms with Crippen LogP contribution < -0.4 is 5.32 Å². The van der Waals surface area contributed by atoms with Gasteiger partial charge in [-0.15, -0.1) is 11.3 Å². The van der Waals surface area contributed by atoms with E-state index in [4.69, 9.17) is 0 Å². The van der Waals surface area contributed by atoms with Crippen LogP contribution in [0.3, 0.4) is 0 Å². The molecule has 0 radical (unpaired) electrons. The second-order valence-electron chi connectivity index (χ2n) is 4.24. The molecule has 1 unspecified atom stereocenters. The summed E-state index contributed by atoms with van der Waals surface area (Å²) < 4.78 is 0. The molecule has 0 bridgehead atoms. The van der Waals surface area contributed by atoms with Crippen molar-refractivity contribution in [3.05, 3.63) is 21.9 Å². The summed E-state index contributed by atoms with van der Waals surface area (Å²) in [5.41, 5.74) is 1.44. The van der Waals surface area contributed by atoms with Crippen LogP contribution in [0.2, 0.25) is 0 Å². The van der Waals surface area contributed by atoms with Crippen molar-refractivity contribution in [1.29, 1.82) is 0 Å². The van der Waals surface area contributed by atoms with Crippen LogP contribution in [0.1, 0.15) is 36.2 Å². The minimum atomic E-state index is 0.526. The highest BCUT2D eigenvalue weighted by atomic mass is 32.2. The third-order valence-corrected chi connectivity index (χ3v) is 5.25. The third kappa shape index (κ3) is 2.99. The van der Waals surface area contributed by atoms with Gasteiger partial charge in [0.2, 0.25) is 0 Å². The van der Waals surface area contributed by atoms with Crippen molar-refractivity contribution < 1.29 is 0 Å². The molecule has 0 spiro atoms. The average molecular weight is 241 g/mol. The molecule has 0 saturated carbocycles. The Kier molecular flexibility index (Phi) is 4.12. The van der Waals surface area contributed by atoms with Crippen LogP contribution in [0.25, 0.3) is 0 Å². The van der Waals surface area contributed by atoms with E-state index in [0.29, 0.717) is 6.04 Å². The van der Waals surface area contributed by atoms with Gasteiger partial charge in [0.05, 0.1) is 0 Å². The Morgan fingerprint density at radius 3 is 2.73 bits per heavy atom. The minimum absolute atomic E-state index is 0.526. The van der Waals surface area contributed by atoms with E-state index in [0.717, 1.165) is 6.04 Å². The summed E-state index contributed by atoms with van der Waals surface area (Å²) in [4.78, 5) is 1.51. The lowest BCUT2D eigenvalue weighted by Crippen LogP contribution is -2.34. The zero-order valence-electron chi connectivity index (χ0n) is 9.45. The number of rotatable bonds is 3. The Hall–Kier alpha value is 0.01000. The van der Waals surface area contributed by atoms with E-state index >= 15 is 0 Å². The van der Waals surface area contributed by atoms with Crippen LogP contribution >= 0.6 is 23.1 Å². The van der Waals surface area contributed by atoms with E-state index in [9.17, 15) is 0 Å². The molecule has 1 N–H and O–H groups in total. The Labute approximate surface area is 101 Å². The predicted octanol–water partition coefficient (Wildman–Crippen LogP) is 3.60. The molecule has 0 aromatic carbocycles. The number of hydrogen-bond donors (Lipinski definition) is 1. The molecule has 2 rings (SSSR count).